The highest BCUT2D eigenvalue weighted by Crippen LogP contribution is 2.28. The number of hydrogen-bond acceptors (Lipinski definition) is 3. The summed E-state index contributed by atoms with van der Waals surface area (Å²) in [5.41, 5.74) is 2.78. The molecule has 2 heterocycles. The van der Waals surface area contributed by atoms with Crippen LogP contribution in [-0.4, -0.2) is 40.5 Å². The van der Waals surface area contributed by atoms with Crippen LogP contribution in [0.3, 0.4) is 0 Å². The molecule has 0 unspecified atom stereocenters. The fourth-order valence-electron chi connectivity index (χ4n) is 3.69. The van der Waals surface area contributed by atoms with E-state index >= 15 is 0 Å². The van der Waals surface area contributed by atoms with E-state index in [2.05, 4.69) is 24.9 Å². The summed E-state index contributed by atoms with van der Waals surface area (Å²) in [5.74, 6) is 2.71. The molecule has 1 fully saturated rings. The van der Waals surface area contributed by atoms with Crippen molar-refractivity contribution in [2.24, 2.45) is 5.92 Å². The molecule has 0 aliphatic carbocycles. The van der Waals surface area contributed by atoms with Crippen molar-refractivity contribution >= 4 is 16.9 Å². The van der Waals surface area contributed by atoms with Crippen LogP contribution >= 0.6 is 0 Å². The van der Waals surface area contributed by atoms with Crippen molar-refractivity contribution in [1.29, 1.82) is 0 Å². The van der Waals surface area contributed by atoms with Gasteiger partial charge < -0.3 is 14.6 Å². The van der Waals surface area contributed by atoms with Gasteiger partial charge in [0.25, 0.3) is 5.91 Å². The summed E-state index contributed by atoms with van der Waals surface area (Å²) in [6.07, 6.45) is 1.85. The second kappa shape index (κ2) is 8.05. The molecule has 2 aromatic carbocycles. The number of amides is 1. The van der Waals surface area contributed by atoms with Crippen LogP contribution < -0.4 is 4.74 Å². The number of rotatable bonds is 5. The summed E-state index contributed by atoms with van der Waals surface area (Å²) in [6, 6.07) is 15.6. The molecule has 0 atom stereocenters. The van der Waals surface area contributed by atoms with Crippen LogP contribution in [0.25, 0.3) is 11.0 Å². The Morgan fingerprint density at radius 2 is 1.96 bits per heavy atom. The highest BCUT2D eigenvalue weighted by molar-refractivity contribution is 5.94. The Bertz CT molecular complexity index is 922. The molecule has 1 aromatic heterocycles. The number of likely N-dealkylation sites (tertiary alicyclic amines) is 1. The molecule has 1 aliphatic heterocycles. The first-order valence-electron chi connectivity index (χ1n) is 10.1. The largest absolute Gasteiger partial charge is 0.493 e. The van der Waals surface area contributed by atoms with Gasteiger partial charge in [0.05, 0.1) is 17.6 Å². The van der Waals surface area contributed by atoms with E-state index in [9.17, 15) is 4.79 Å². The zero-order valence-electron chi connectivity index (χ0n) is 16.5. The van der Waals surface area contributed by atoms with Crippen molar-refractivity contribution in [3.8, 4) is 5.75 Å². The molecule has 3 aromatic rings. The minimum atomic E-state index is 0.0815. The van der Waals surface area contributed by atoms with Gasteiger partial charge in [-0.05, 0) is 49.1 Å². The number of nitrogens with one attached hydrogen (secondary N) is 1. The predicted molar refractivity (Wildman–Crippen MR) is 111 cm³/mol. The van der Waals surface area contributed by atoms with Gasteiger partial charge in [-0.15, -0.1) is 0 Å². The smallest absolute Gasteiger partial charge is 0.253 e. The van der Waals surface area contributed by atoms with Gasteiger partial charge in [0, 0.05) is 24.6 Å². The minimum Gasteiger partial charge on any atom is -0.493 e. The van der Waals surface area contributed by atoms with Crippen LogP contribution in [0.15, 0.2) is 48.5 Å². The lowest BCUT2D eigenvalue weighted by atomic mass is 9.95. The predicted octanol–water partition coefficient (Wildman–Crippen LogP) is 4.62. The molecule has 5 heteroatoms. The first kappa shape index (κ1) is 18.5. The summed E-state index contributed by atoms with van der Waals surface area (Å²) in [7, 11) is 0. The van der Waals surface area contributed by atoms with Crippen molar-refractivity contribution in [1.82, 2.24) is 14.9 Å². The van der Waals surface area contributed by atoms with Crippen LogP contribution in [0.1, 0.15) is 48.8 Å². The zero-order chi connectivity index (χ0) is 19.5. The Labute approximate surface area is 165 Å². The number of carbonyl (C=O) groups excluding carboxylic acids is 1. The van der Waals surface area contributed by atoms with Gasteiger partial charge in [0.15, 0.2) is 0 Å². The van der Waals surface area contributed by atoms with Gasteiger partial charge in [-0.3, -0.25) is 4.79 Å². The third-order valence-electron chi connectivity index (χ3n) is 5.24. The van der Waals surface area contributed by atoms with Crippen molar-refractivity contribution in [3.63, 3.8) is 0 Å². The molecule has 0 bridgehead atoms. The summed E-state index contributed by atoms with van der Waals surface area (Å²) in [4.78, 5) is 23.0. The Kier molecular flexibility index (Phi) is 5.33. The van der Waals surface area contributed by atoms with Crippen molar-refractivity contribution in [2.45, 2.75) is 32.6 Å². The monoisotopic (exact) mass is 377 g/mol. The molecule has 1 saturated heterocycles. The molecule has 1 N–H and O–H groups in total. The summed E-state index contributed by atoms with van der Waals surface area (Å²) >= 11 is 0. The van der Waals surface area contributed by atoms with Crippen LogP contribution in [-0.2, 0) is 0 Å². The van der Waals surface area contributed by atoms with Gasteiger partial charge in [0.2, 0.25) is 0 Å². The lowest BCUT2D eigenvalue weighted by molar-refractivity contribution is 0.0710. The van der Waals surface area contributed by atoms with E-state index in [1.807, 2.05) is 47.4 Å². The number of hydrogen-bond donors (Lipinski definition) is 1. The highest BCUT2D eigenvalue weighted by Gasteiger charge is 2.26. The molecular weight excluding hydrogens is 350 g/mol. The van der Waals surface area contributed by atoms with Crippen LogP contribution in [0, 0.1) is 5.92 Å². The molecule has 0 spiro atoms. The fourth-order valence-corrected chi connectivity index (χ4v) is 3.69. The number of H-pyrrole nitrogens is 1. The molecule has 28 heavy (non-hydrogen) atoms. The van der Waals surface area contributed by atoms with Crippen molar-refractivity contribution < 1.29 is 9.53 Å². The summed E-state index contributed by atoms with van der Waals surface area (Å²) in [5, 5.41) is 0. The molecule has 0 radical (unpaired) electrons. The number of carbonyl (C=O) groups is 1. The van der Waals surface area contributed by atoms with E-state index in [0.717, 1.165) is 48.5 Å². The third kappa shape index (κ3) is 4.03. The van der Waals surface area contributed by atoms with E-state index in [-0.39, 0.29) is 5.91 Å². The number of ether oxygens (including phenoxy) is 1. The quantitative estimate of drug-likeness (QED) is 0.706. The maximum Gasteiger partial charge on any atom is 0.253 e. The summed E-state index contributed by atoms with van der Waals surface area (Å²) in [6.45, 7) is 6.37. The molecule has 0 saturated carbocycles. The van der Waals surface area contributed by atoms with Gasteiger partial charge in [0.1, 0.15) is 11.6 Å². The van der Waals surface area contributed by atoms with Crippen LogP contribution in [0.4, 0.5) is 0 Å². The number of aromatic nitrogens is 2. The first-order chi connectivity index (χ1) is 13.6. The fraction of sp³-hybridized carbons (Fsp3) is 0.391. The normalized spacial score (nSPS) is 15.3. The number of aromatic amines is 1. The Hall–Kier alpha value is -2.82. The number of piperidine rings is 1. The zero-order valence-corrected chi connectivity index (χ0v) is 16.5. The maximum atomic E-state index is 12.9. The van der Waals surface area contributed by atoms with Gasteiger partial charge >= 0.3 is 0 Å². The van der Waals surface area contributed by atoms with Crippen LogP contribution in [0.5, 0.6) is 5.75 Å². The second-order valence-corrected chi connectivity index (χ2v) is 7.94. The number of nitrogens with zero attached hydrogens (tertiary/aromatic N) is 2. The van der Waals surface area contributed by atoms with Crippen molar-refractivity contribution in [3.05, 3.63) is 59.9 Å². The third-order valence-corrected chi connectivity index (χ3v) is 5.24. The summed E-state index contributed by atoms with van der Waals surface area (Å²) < 4.78 is 5.77. The molecule has 5 nitrogen and oxygen atoms in total. The van der Waals surface area contributed by atoms with E-state index in [4.69, 9.17) is 9.72 Å². The van der Waals surface area contributed by atoms with Crippen molar-refractivity contribution in [2.75, 3.05) is 19.7 Å². The number of fused-ring (bicyclic) bond motifs is 1. The average molecular weight is 377 g/mol. The SMILES string of the molecule is CC(C)COc1cccc(C(=O)N2CCC(c3nc4ccccc4[nH]3)CC2)c1. The second-order valence-electron chi connectivity index (χ2n) is 7.94. The van der Waals surface area contributed by atoms with Gasteiger partial charge in [-0.25, -0.2) is 4.98 Å². The Balaban J connectivity index is 1.39. The Morgan fingerprint density at radius 1 is 1.18 bits per heavy atom. The molecule has 1 aliphatic rings. The standard InChI is InChI=1S/C23H27N3O2/c1-16(2)15-28-19-7-5-6-18(14-19)23(27)26-12-10-17(11-13-26)22-24-20-8-3-4-9-21(20)25-22/h3-9,14,16-17H,10-13,15H2,1-2H3,(H,24,25). The molecular formula is C23H27N3O2. The number of benzene rings is 2. The first-order valence-corrected chi connectivity index (χ1v) is 10.1. The van der Waals surface area contributed by atoms with E-state index in [1.54, 1.807) is 0 Å². The average Bonchev–Trinajstić information content (AvgIpc) is 3.16. The lowest BCUT2D eigenvalue weighted by Gasteiger charge is -2.31. The molecule has 1 amide bonds. The topological polar surface area (TPSA) is 58.2 Å². The number of para-hydroxylation sites is 2. The minimum absolute atomic E-state index is 0.0815. The van der Waals surface area contributed by atoms with E-state index in [1.165, 1.54) is 0 Å². The number of imidazole rings is 1. The van der Waals surface area contributed by atoms with E-state index in [0.29, 0.717) is 24.0 Å². The Morgan fingerprint density at radius 3 is 2.71 bits per heavy atom. The molecule has 4 rings (SSSR count). The highest BCUT2D eigenvalue weighted by atomic mass is 16.5. The lowest BCUT2D eigenvalue weighted by Crippen LogP contribution is -2.38. The maximum absolute atomic E-state index is 12.9. The van der Waals surface area contributed by atoms with Gasteiger partial charge in [-0.1, -0.05) is 32.0 Å². The van der Waals surface area contributed by atoms with E-state index < -0.39 is 0 Å². The van der Waals surface area contributed by atoms with Gasteiger partial charge in [-0.2, -0.15) is 0 Å². The van der Waals surface area contributed by atoms with Crippen LogP contribution in [0.2, 0.25) is 0 Å². The molecule has 146 valence electrons.